The van der Waals surface area contributed by atoms with Crippen molar-refractivity contribution in [3.63, 3.8) is 0 Å². The molecule has 13 heterocycles. The molecule has 7 aromatic carbocycles. The van der Waals surface area contributed by atoms with Crippen LogP contribution < -0.4 is 56.2 Å². The van der Waals surface area contributed by atoms with E-state index < -0.39 is 36.8 Å². The number of morpholine rings is 1. The molecule has 147 heavy (non-hydrogen) atoms. The smallest absolute Gasteiger partial charge is 0.390 e. The summed E-state index contributed by atoms with van der Waals surface area (Å²) in [4.78, 5) is 142. The number of aromatic nitrogens is 1. The van der Waals surface area contributed by atoms with Crippen LogP contribution in [0.3, 0.4) is 0 Å². The second kappa shape index (κ2) is 47.9. The van der Waals surface area contributed by atoms with Crippen LogP contribution in [0.5, 0.6) is 23.0 Å². The van der Waals surface area contributed by atoms with E-state index in [1.165, 1.54) is 11.1 Å². The number of piperidine rings is 4. The fraction of sp³-hybridized carbons (Fsp3) is 0.432. The number of hydrogen-bond acceptors (Lipinski definition) is 22. The van der Waals surface area contributed by atoms with Crippen LogP contribution in [-0.2, 0) is 107 Å². The van der Waals surface area contributed by atoms with E-state index in [0.29, 0.717) is 190 Å². The Labute approximate surface area is 858 Å². The Balaban J connectivity index is 0.000000136. The summed E-state index contributed by atoms with van der Waals surface area (Å²) in [5.74, 6) is 3.14. The average Bonchev–Trinajstić information content (AvgIpc) is 1.62. The lowest BCUT2D eigenvalue weighted by molar-refractivity contribution is -0.138. The van der Waals surface area contributed by atoms with Crippen molar-refractivity contribution in [1.29, 1.82) is 0 Å². The van der Waals surface area contributed by atoms with Gasteiger partial charge in [0.05, 0.1) is 63.6 Å². The number of allylic oxidation sites excluding steroid dienone is 4. The molecule has 7 unspecified atom stereocenters. The van der Waals surface area contributed by atoms with Crippen LogP contribution in [0.2, 0.25) is 0 Å². The summed E-state index contributed by atoms with van der Waals surface area (Å²) < 4.78 is 73.1. The number of piperazine rings is 1. The highest BCUT2D eigenvalue weighted by Crippen LogP contribution is 2.42. The molecule has 7 N–H and O–H groups in total. The Bertz CT molecular complexity index is 6250. The number of ether oxygens (including phenoxy) is 5. The Kier molecular flexibility index (Phi) is 34.1. The van der Waals surface area contributed by atoms with Crippen LogP contribution >= 0.6 is 11.8 Å². The van der Waals surface area contributed by atoms with Crippen LogP contribution in [0.15, 0.2) is 199 Å². The molecule has 20 rings (SSSR count). The molecule has 776 valence electrons. The number of nitrogens with one attached hydrogen (secondary N) is 7. The number of amides is 11. The number of urea groups is 1. The van der Waals surface area contributed by atoms with Crippen molar-refractivity contribution in [1.82, 2.24) is 81.6 Å². The van der Waals surface area contributed by atoms with E-state index >= 15 is 0 Å². The monoisotopic (exact) mass is 2030 g/mol. The minimum Gasteiger partial charge on any atom is -0.489 e. The van der Waals surface area contributed by atoms with E-state index in [9.17, 15) is 61.1 Å². The maximum Gasteiger partial charge on any atom is 0.390 e. The first-order valence-electron chi connectivity index (χ1n) is 50.8. The maximum absolute atomic E-state index is 13.2. The normalized spacial score (nSPS) is 21.2. The molecular weight excluding hydrogens is 1900 g/mol. The number of fused-ring (bicyclic) bond motifs is 5. The van der Waals surface area contributed by atoms with Gasteiger partial charge in [-0.15, -0.1) is 0 Å². The van der Waals surface area contributed by atoms with E-state index in [4.69, 9.17) is 28.2 Å². The molecule has 8 saturated heterocycles. The van der Waals surface area contributed by atoms with Gasteiger partial charge in [-0.3, -0.25) is 57.9 Å². The first-order valence-corrected chi connectivity index (χ1v) is 51.9. The summed E-state index contributed by atoms with van der Waals surface area (Å²) in [6.45, 7) is 32.1. The van der Waals surface area contributed by atoms with Gasteiger partial charge in [-0.05, 0) is 173 Å². The molecule has 0 spiro atoms. The van der Waals surface area contributed by atoms with Crippen LogP contribution in [0.25, 0.3) is 0 Å². The van der Waals surface area contributed by atoms with Gasteiger partial charge in [0.2, 0.25) is 29.5 Å². The zero-order chi connectivity index (χ0) is 103. The summed E-state index contributed by atoms with van der Waals surface area (Å²) in [6, 6.07) is 44.8. The van der Waals surface area contributed by atoms with Gasteiger partial charge in [-0.2, -0.15) is 24.9 Å². The van der Waals surface area contributed by atoms with E-state index in [1.54, 1.807) is 49.9 Å². The Morgan fingerprint density at radius 3 is 1.39 bits per heavy atom. The number of nitrogens with zero attached hydrogens (tertiary/aromatic N) is 9. The number of aryl methyl sites for hydroxylation is 1. The van der Waals surface area contributed by atoms with Crippen molar-refractivity contribution in [2.75, 3.05) is 78.4 Å². The van der Waals surface area contributed by atoms with Gasteiger partial charge in [-0.25, -0.2) is 4.79 Å². The lowest BCUT2D eigenvalue weighted by atomic mass is 10.0. The number of benzene rings is 7. The van der Waals surface area contributed by atoms with Gasteiger partial charge < -0.3 is 89.9 Å². The third-order valence-electron chi connectivity index (χ3n) is 28.9. The maximum atomic E-state index is 13.2. The van der Waals surface area contributed by atoms with E-state index in [1.807, 2.05) is 109 Å². The Morgan fingerprint density at radius 1 is 0.510 bits per heavy atom. The largest absolute Gasteiger partial charge is 0.489 e. The quantitative estimate of drug-likeness (QED) is 0.0148. The second-order valence-electron chi connectivity index (χ2n) is 39.4. The summed E-state index contributed by atoms with van der Waals surface area (Å²) in [5, 5.41) is 24.5. The van der Waals surface area contributed by atoms with Gasteiger partial charge in [0, 0.05) is 163 Å². The van der Waals surface area contributed by atoms with Crippen LogP contribution in [0, 0.1) is 6.92 Å². The number of rotatable bonds is 33. The summed E-state index contributed by atoms with van der Waals surface area (Å²) in [5.41, 5.74) is 16.6. The standard InChI is InChI=1S/C36H44N6O5S.C28H32F3N3O3.C27H31N3O4.C20H22N4O4/c1-23-9-14-29(34(44)37-23)42-20-27-26(35(42)45)5-4-6-30(27)47-21-25-12-10-24(11-13-25)19-40-15-17-41(18-16-40)32(43)8-3-2-7-31-33-28(22-48-31)38-36(46)39-33;1-3-14-33(15-13-28(29,30)31)16-20-8-10-21(11-9-20)18-37-25-6-4-5-22-23(25)17-34(27(22)36)24-12-7-19(2)32-26(24)35;1-18-3-9-22-23(16-30(27(22)32)24-10-4-19(2)28-26(24)31)25(18)34-17-21-7-5-20(6-8-21)15-29-11-13-33-14-12-29;1-12-6-7-17(19(25)22-12)24-10-16-15(20(24)26)4-3-5-18(16)27-11-14-8-13(9-21-2)23-28-14/h4-6,10-13,28-29,31,33H,1-3,7-9,14-22H2,(H,37,44)(H2,38,39,46);4-6,8-11,24H,2-3,7,12-18H2,1H3,(H,32,35);3,5-9,24H,2,4,10-17H2,1H3,(H,28,31);3-5,8,17,21H,1,6-7,9-11H2,2H3,(H,22,25). The predicted molar refractivity (Wildman–Crippen MR) is 545 cm³/mol. The van der Waals surface area contributed by atoms with Gasteiger partial charge in [0.1, 0.15) is 73.6 Å². The molecule has 1 aromatic heterocycles. The molecule has 11 amide bonds. The molecular formula is C111H129F3N16O16S. The van der Waals surface area contributed by atoms with Gasteiger partial charge in [0.25, 0.3) is 23.6 Å². The Morgan fingerprint density at radius 2 is 0.939 bits per heavy atom. The number of thioether (sulfide) groups is 1. The van der Waals surface area contributed by atoms with Crippen LogP contribution in [0.1, 0.15) is 211 Å². The van der Waals surface area contributed by atoms with Crippen molar-refractivity contribution < 1.29 is 89.3 Å². The minimum absolute atomic E-state index is 0.0195. The molecule has 0 radical (unpaired) electrons. The second-order valence-corrected chi connectivity index (χ2v) is 40.7. The SMILES string of the molecule is C=C1CCC(N2Cc3c(OCc4cc(CNC)no4)cccc3C2=O)C(=O)N1.C=C1CCC(N2Cc3c(OCc4ccc(CN(CCC)CCC(F)(F)F)cc4)cccc3C2=O)C(=O)N1.C=C1CCC(N2Cc3c(OCc4ccc(CN5CCN(C(=O)CCCCC6SCC7NC(=O)NC76)CC5)cc4)cccc3C2=O)C(=O)N1.C=C1CCC(N2Cc3c(ccc(C)c3OCc3ccc(CN4CCOCC4)cc3)C2=O)C(=O)N1. The number of halogens is 3. The minimum atomic E-state index is -4.16. The van der Waals surface area contributed by atoms with Crippen molar-refractivity contribution in [2.45, 2.75) is 230 Å². The first-order chi connectivity index (χ1) is 71.0. The molecule has 32 nitrogen and oxygen atoms in total. The summed E-state index contributed by atoms with van der Waals surface area (Å²) in [7, 11) is 1.84. The molecule has 36 heteroatoms. The van der Waals surface area contributed by atoms with Gasteiger partial charge >= 0.3 is 12.2 Å². The molecule has 12 aliphatic heterocycles. The van der Waals surface area contributed by atoms with Gasteiger partial charge in [0.15, 0.2) is 5.76 Å². The molecule has 8 fully saturated rings. The fourth-order valence-electron chi connectivity index (χ4n) is 20.8. The fourth-order valence-corrected chi connectivity index (χ4v) is 22.4. The molecule has 0 aliphatic carbocycles. The summed E-state index contributed by atoms with van der Waals surface area (Å²) >= 11 is 1.93. The highest BCUT2D eigenvalue weighted by atomic mass is 32.2. The molecule has 0 bridgehead atoms. The molecule has 12 aliphatic rings. The van der Waals surface area contributed by atoms with E-state index in [-0.39, 0.29) is 91.0 Å². The van der Waals surface area contributed by atoms with Crippen molar-refractivity contribution >= 4 is 71.0 Å². The van der Waals surface area contributed by atoms with E-state index in [2.05, 4.69) is 127 Å². The van der Waals surface area contributed by atoms with E-state index in [0.717, 1.165) is 159 Å². The Hall–Kier alpha value is -13.7. The van der Waals surface area contributed by atoms with Crippen LogP contribution in [0.4, 0.5) is 18.0 Å². The number of unbranched alkanes of at least 4 members (excludes halogenated alkanes) is 1. The molecule has 8 aromatic rings. The zero-order valence-corrected chi connectivity index (χ0v) is 84.3. The number of carbonyl (C=O) groups is 10. The zero-order valence-electron chi connectivity index (χ0n) is 83.5. The van der Waals surface area contributed by atoms with Crippen molar-refractivity contribution in [3.05, 3.63) is 290 Å². The van der Waals surface area contributed by atoms with Gasteiger partial charge in [-0.1, -0.05) is 142 Å². The van der Waals surface area contributed by atoms with Crippen LogP contribution in [-0.4, -0.2) is 230 Å². The highest BCUT2D eigenvalue weighted by molar-refractivity contribution is 8.00. The lowest BCUT2D eigenvalue weighted by Gasteiger charge is -2.35. The third-order valence-corrected chi connectivity index (χ3v) is 30.4. The molecule has 0 saturated carbocycles. The average molecular weight is 2030 g/mol. The number of carbonyl (C=O) groups excluding carboxylic acids is 10. The third kappa shape index (κ3) is 26.0. The van der Waals surface area contributed by atoms with Crippen molar-refractivity contribution in [3.8, 4) is 23.0 Å². The number of alkyl halides is 3. The molecule has 7 atom stereocenters. The topological polar surface area (TPSA) is 353 Å². The van der Waals surface area contributed by atoms with Crippen molar-refractivity contribution in [2.24, 2.45) is 0 Å². The lowest BCUT2D eigenvalue weighted by Crippen LogP contribution is -2.49. The highest BCUT2D eigenvalue weighted by Gasteiger charge is 2.47. The predicted octanol–water partition coefficient (Wildman–Crippen LogP) is 13.4. The number of hydrogen-bond donors (Lipinski definition) is 7. The summed E-state index contributed by atoms with van der Waals surface area (Å²) in [6.07, 6.45) is 4.26. The first kappa shape index (κ1) is 105.